The molecule has 4 aliphatic rings. The molecule has 0 bridgehead atoms. The van der Waals surface area contributed by atoms with Crippen LogP contribution in [0.15, 0.2) is 232 Å². The van der Waals surface area contributed by atoms with Crippen LogP contribution in [0.3, 0.4) is 0 Å². The molecule has 4 saturated carbocycles. The first kappa shape index (κ1) is 84.1. The van der Waals surface area contributed by atoms with E-state index in [2.05, 4.69) is 123 Å². The molecule has 6 heterocycles. The molecule has 4 aliphatic carbocycles. The summed E-state index contributed by atoms with van der Waals surface area (Å²) < 4.78 is 83.8. The standard InChI is InChI=1S/C24H23F3N2O2.C24H26N2O3.C23H22F3N3O2.C21H23N3O2S/c25-24(26,27)19-8-4-5-15(13-19)14-20-21(28-23(31)29-22(20)30)18-11-9-17(10-12-18)16-6-2-1-3-7-16;1-29-21-10-6-5-9-19(21)15-20-22(25-24(28)26-23(20)27)18-13-11-17(12-14-18)16-7-3-2-4-8-16;24-23(25,26)17-10-11-27-18(12-17)13-19-20(28-22(31)29-21(19)30)16-8-6-15(7-9-16)14-4-2-1-3-5-14;1-13-12-27-18(22-13)11-17-19(23-21(26)24-20(17)25)16-9-7-15(8-10-16)14-5-3-2-4-6-14/h1-8,13,17-18H,9-12,14H2,(H2,28,29,30,31);2-10,17-18H,11-15H2,1H3,(H2,25,26,27,28);1-5,10-12,15-16H,6-9,13H2,(H2,28,29,30,31);2-6,12,15-16H,7-11H2,1H3,(H2,23,24,25,26). The molecule has 4 fully saturated rings. The molecule has 0 spiro atoms. The Morgan fingerprint density at radius 2 is 0.695 bits per heavy atom. The lowest BCUT2D eigenvalue weighted by atomic mass is 9.76. The molecule has 0 saturated heterocycles. The fourth-order valence-electron chi connectivity index (χ4n) is 17.6. The van der Waals surface area contributed by atoms with E-state index in [4.69, 9.17) is 4.74 Å². The number of para-hydroxylation sites is 1. The van der Waals surface area contributed by atoms with Gasteiger partial charge in [-0.1, -0.05) is 158 Å². The van der Waals surface area contributed by atoms with Crippen LogP contribution >= 0.6 is 11.3 Å². The number of halogens is 6. The minimum atomic E-state index is -4.49. The molecular weight excluding hydrogens is 1540 g/mol. The van der Waals surface area contributed by atoms with Gasteiger partial charge in [0.05, 0.1) is 23.2 Å². The first-order valence-electron chi connectivity index (χ1n) is 40.2. The number of benzene rings is 6. The van der Waals surface area contributed by atoms with Gasteiger partial charge in [0.2, 0.25) is 0 Å². The molecule has 19 nitrogen and oxygen atoms in total. The van der Waals surface area contributed by atoms with Crippen molar-refractivity contribution in [3.05, 3.63) is 383 Å². The highest BCUT2D eigenvalue weighted by atomic mass is 32.1. The average Bonchev–Trinajstić information content (AvgIpc) is 0.947. The van der Waals surface area contributed by atoms with Gasteiger partial charge in [-0.05, 0) is 215 Å². The minimum absolute atomic E-state index is 0.00392. The summed E-state index contributed by atoms with van der Waals surface area (Å²) in [6, 6.07) is 56.1. The van der Waals surface area contributed by atoms with Crippen LogP contribution in [-0.4, -0.2) is 56.9 Å². The summed E-state index contributed by atoms with van der Waals surface area (Å²) in [5.74, 6) is 3.06. The molecule has 0 amide bonds. The molecule has 0 atom stereocenters. The number of H-pyrrole nitrogens is 8. The maximum Gasteiger partial charge on any atom is 0.416 e. The molecule has 6 aromatic carbocycles. The number of alkyl halides is 6. The second kappa shape index (κ2) is 38.5. The molecule has 614 valence electrons. The Bertz CT molecular complexity index is 5680. The lowest BCUT2D eigenvalue weighted by Crippen LogP contribution is -2.30. The number of aromatic amines is 8. The molecular formula is C92H94F6N10O9S. The summed E-state index contributed by atoms with van der Waals surface area (Å²) >= 11 is 1.55. The summed E-state index contributed by atoms with van der Waals surface area (Å²) in [5, 5.41) is 2.89. The quantitative estimate of drug-likeness (QED) is 0.0396. The van der Waals surface area contributed by atoms with Crippen molar-refractivity contribution in [2.24, 2.45) is 0 Å². The van der Waals surface area contributed by atoms with E-state index < -0.39 is 57.4 Å². The molecule has 0 radical (unpaired) electrons. The van der Waals surface area contributed by atoms with Gasteiger partial charge in [0.1, 0.15) is 5.75 Å². The number of rotatable bonds is 17. The maximum atomic E-state index is 13.1. The van der Waals surface area contributed by atoms with Crippen molar-refractivity contribution in [1.29, 1.82) is 0 Å². The van der Waals surface area contributed by atoms with Crippen LogP contribution in [0, 0.1) is 6.92 Å². The number of nitrogens with one attached hydrogen (secondary N) is 8. The summed E-state index contributed by atoms with van der Waals surface area (Å²) in [7, 11) is 1.63. The fraction of sp³-hybridized carbons (Fsp3) is 0.348. The number of thiazole rings is 1. The third-order valence-corrected chi connectivity index (χ3v) is 24.6. The number of nitrogens with zero attached hydrogens (tertiary/aromatic N) is 2. The van der Waals surface area contributed by atoms with E-state index in [9.17, 15) is 64.7 Å². The van der Waals surface area contributed by atoms with Crippen molar-refractivity contribution in [2.75, 3.05) is 7.11 Å². The van der Waals surface area contributed by atoms with Gasteiger partial charge >= 0.3 is 35.1 Å². The van der Waals surface area contributed by atoms with Gasteiger partial charge in [-0.2, -0.15) is 26.3 Å². The van der Waals surface area contributed by atoms with E-state index in [0.717, 1.165) is 167 Å². The van der Waals surface area contributed by atoms with Crippen LogP contribution in [0.5, 0.6) is 5.75 Å². The second-order valence-electron chi connectivity index (χ2n) is 31.2. The number of methoxy groups -OCH3 is 1. The Hall–Kier alpha value is -11.8. The van der Waals surface area contributed by atoms with Crippen molar-refractivity contribution >= 4 is 11.3 Å². The van der Waals surface area contributed by atoms with Crippen molar-refractivity contribution < 1.29 is 31.1 Å². The van der Waals surface area contributed by atoms with Crippen molar-refractivity contribution in [3.8, 4) is 5.75 Å². The van der Waals surface area contributed by atoms with E-state index >= 15 is 0 Å². The molecule has 6 aromatic heterocycles. The van der Waals surface area contributed by atoms with E-state index in [1.165, 1.54) is 28.3 Å². The van der Waals surface area contributed by atoms with Gasteiger partial charge in [0.25, 0.3) is 22.2 Å². The number of ether oxygens (including phenoxy) is 1. The number of aromatic nitrogens is 10. The molecule has 26 heteroatoms. The first-order chi connectivity index (χ1) is 56.9. The van der Waals surface area contributed by atoms with E-state index in [0.29, 0.717) is 70.2 Å². The zero-order chi connectivity index (χ0) is 83.0. The lowest BCUT2D eigenvalue weighted by molar-refractivity contribution is -0.138. The van der Waals surface area contributed by atoms with Crippen LogP contribution in [0.4, 0.5) is 26.3 Å². The summed E-state index contributed by atoms with van der Waals surface area (Å²) in [6.07, 6.45) is 7.93. The van der Waals surface area contributed by atoms with Gasteiger partial charge in [0.15, 0.2) is 0 Å². The Kier molecular flexibility index (Phi) is 27.5. The van der Waals surface area contributed by atoms with Crippen LogP contribution in [0.25, 0.3) is 0 Å². The number of hydrogen-bond donors (Lipinski definition) is 8. The zero-order valence-corrected chi connectivity index (χ0v) is 66.3. The fourth-order valence-corrected chi connectivity index (χ4v) is 18.4. The lowest BCUT2D eigenvalue weighted by Gasteiger charge is -2.29. The number of aryl methyl sites for hydroxylation is 1. The Morgan fingerprint density at radius 1 is 0.364 bits per heavy atom. The normalized spacial score (nSPS) is 19.4. The van der Waals surface area contributed by atoms with Crippen LogP contribution < -0.4 is 49.7 Å². The van der Waals surface area contributed by atoms with E-state index in [-0.39, 0.29) is 58.9 Å². The number of pyridine rings is 1. The van der Waals surface area contributed by atoms with Gasteiger partial charge in [-0.15, -0.1) is 11.3 Å². The maximum absolute atomic E-state index is 13.1. The monoisotopic (exact) mass is 1630 g/mol. The summed E-state index contributed by atoms with van der Waals surface area (Å²) in [5.41, 5.74) is 6.97. The predicted octanol–water partition coefficient (Wildman–Crippen LogP) is 17.6. The van der Waals surface area contributed by atoms with Crippen molar-refractivity contribution in [2.45, 2.75) is 195 Å². The molecule has 118 heavy (non-hydrogen) atoms. The topological polar surface area (TPSA) is 298 Å². The highest BCUT2D eigenvalue weighted by molar-refractivity contribution is 7.09. The Labute approximate surface area is 679 Å². The molecule has 12 aromatic rings. The SMILES string of the molecule is COc1ccccc1Cc1c(C2CCC(c3ccccc3)CC2)[nH]c(=O)[nH]c1=O.Cc1csc(Cc2c(C3CCC(c4ccccc4)CC3)[nH]c(=O)[nH]c2=O)n1.O=c1[nH]c(C2CCC(c3ccccc3)CC2)c(Cc2cc(C(F)(F)F)ccn2)c(=O)[nH]1.O=c1[nH]c(C2CCC(c3ccccc3)CC2)c(Cc2cccc(C(F)(F)F)c2)c(=O)[nH]1. The van der Waals surface area contributed by atoms with Crippen LogP contribution in [-0.2, 0) is 38.0 Å². The molecule has 0 aliphatic heterocycles. The van der Waals surface area contributed by atoms with E-state index in [1.807, 2.05) is 85.1 Å². The summed E-state index contributed by atoms with van der Waals surface area (Å²) in [4.78, 5) is 127. The highest BCUT2D eigenvalue weighted by Crippen LogP contribution is 2.45. The predicted molar refractivity (Wildman–Crippen MR) is 444 cm³/mol. The van der Waals surface area contributed by atoms with Crippen molar-refractivity contribution in [3.63, 3.8) is 0 Å². The average molecular weight is 1630 g/mol. The second-order valence-corrected chi connectivity index (χ2v) is 32.1. The van der Waals surface area contributed by atoms with Crippen LogP contribution in [0.2, 0.25) is 0 Å². The zero-order valence-electron chi connectivity index (χ0n) is 65.5. The summed E-state index contributed by atoms with van der Waals surface area (Å²) in [6.45, 7) is 1.95. The number of hydrogen-bond acceptors (Lipinski definition) is 12. The third kappa shape index (κ3) is 21.7. The van der Waals surface area contributed by atoms with E-state index in [1.54, 1.807) is 24.5 Å². The Balaban J connectivity index is 0.000000137. The molecule has 8 N–H and O–H groups in total. The Morgan fingerprint density at radius 3 is 1.05 bits per heavy atom. The van der Waals surface area contributed by atoms with Gasteiger partial charge < -0.3 is 24.7 Å². The largest absolute Gasteiger partial charge is 0.496 e. The highest BCUT2D eigenvalue weighted by Gasteiger charge is 2.35. The van der Waals surface area contributed by atoms with Crippen molar-refractivity contribution in [1.82, 2.24) is 49.8 Å². The third-order valence-electron chi connectivity index (χ3n) is 23.6. The van der Waals surface area contributed by atoms with Gasteiger partial charge in [0, 0.05) is 93.7 Å². The molecule has 0 unspecified atom stereocenters. The van der Waals surface area contributed by atoms with Gasteiger partial charge in [-0.3, -0.25) is 44.1 Å². The smallest absolute Gasteiger partial charge is 0.416 e. The van der Waals surface area contributed by atoms with Gasteiger partial charge in [-0.25, -0.2) is 24.2 Å². The molecule has 16 rings (SSSR count). The minimum Gasteiger partial charge on any atom is -0.496 e. The first-order valence-corrected chi connectivity index (χ1v) is 41.1. The van der Waals surface area contributed by atoms with Crippen LogP contribution in [0.1, 0.15) is 256 Å².